The molecule has 0 aliphatic rings. The summed E-state index contributed by atoms with van der Waals surface area (Å²) in [6.45, 7) is 4.71. The summed E-state index contributed by atoms with van der Waals surface area (Å²) < 4.78 is 6.07. The topological polar surface area (TPSA) is 48.1 Å². The summed E-state index contributed by atoms with van der Waals surface area (Å²) in [6, 6.07) is 8.01. The van der Waals surface area contributed by atoms with Crippen LogP contribution in [0.15, 0.2) is 30.5 Å². The molecule has 3 heteroatoms. The Hall–Kier alpha value is -1.61. The number of hydrogen-bond acceptors (Lipinski definition) is 3. The van der Waals surface area contributed by atoms with Crippen molar-refractivity contribution in [2.45, 2.75) is 39.3 Å². The lowest BCUT2D eigenvalue weighted by atomic mass is 10.1. The van der Waals surface area contributed by atoms with Crippen LogP contribution in [0.1, 0.15) is 32.3 Å². The number of fused-ring (bicyclic) bond motifs is 1. The summed E-state index contributed by atoms with van der Waals surface area (Å²) in [5.74, 6) is 0.893. The van der Waals surface area contributed by atoms with E-state index < -0.39 is 0 Å². The zero-order valence-electron chi connectivity index (χ0n) is 11.0. The van der Waals surface area contributed by atoms with E-state index in [1.807, 2.05) is 30.5 Å². The molecule has 0 spiro atoms. The summed E-state index contributed by atoms with van der Waals surface area (Å²) in [7, 11) is 0. The predicted octanol–water partition coefficient (Wildman–Crippen LogP) is 3.26. The molecule has 96 valence electrons. The van der Waals surface area contributed by atoms with Crippen LogP contribution in [0, 0.1) is 0 Å². The maximum atomic E-state index is 6.07. The van der Waals surface area contributed by atoms with Gasteiger partial charge in [-0.05, 0) is 25.5 Å². The number of nitrogens with zero attached hydrogens (tertiary/aromatic N) is 1. The van der Waals surface area contributed by atoms with Crippen LogP contribution in [0.2, 0.25) is 0 Å². The highest BCUT2D eigenvalue weighted by Crippen LogP contribution is 2.29. The van der Waals surface area contributed by atoms with Crippen molar-refractivity contribution in [3.05, 3.63) is 36.0 Å². The maximum absolute atomic E-state index is 6.07. The van der Waals surface area contributed by atoms with Crippen molar-refractivity contribution < 1.29 is 4.74 Å². The van der Waals surface area contributed by atoms with Gasteiger partial charge in [-0.25, -0.2) is 0 Å². The van der Waals surface area contributed by atoms with Crippen molar-refractivity contribution in [2.24, 2.45) is 5.73 Å². The molecule has 1 unspecified atom stereocenters. The predicted molar refractivity (Wildman–Crippen MR) is 74.6 cm³/mol. The summed E-state index contributed by atoms with van der Waals surface area (Å²) in [5, 5.41) is 1.04. The molecule has 3 nitrogen and oxygen atoms in total. The van der Waals surface area contributed by atoms with Crippen LogP contribution in [0.3, 0.4) is 0 Å². The molecule has 0 saturated carbocycles. The van der Waals surface area contributed by atoms with Gasteiger partial charge in [0.1, 0.15) is 5.75 Å². The van der Waals surface area contributed by atoms with Gasteiger partial charge < -0.3 is 10.5 Å². The lowest BCUT2D eigenvalue weighted by Gasteiger charge is -2.18. The van der Waals surface area contributed by atoms with Crippen LogP contribution < -0.4 is 10.5 Å². The van der Waals surface area contributed by atoms with Gasteiger partial charge in [-0.1, -0.05) is 25.5 Å². The Morgan fingerprint density at radius 3 is 2.83 bits per heavy atom. The average molecular weight is 244 g/mol. The van der Waals surface area contributed by atoms with Crippen molar-refractivity contribution in [3.63, 3.8) is 0 Å². The van der Waals surface area contributed by atoms with Crippen LogP contribution in [0.5, 0.6) is 5.75 Å². The third-order valence-electron chi connectivity index (χ3n) is 3.03. The number of nitrogens with two attached hydrogens (primary N) is 1. The van der Waals surface area contributed by atoms with Crippen molar-refractivity contribution in [2.75, 3.05) is 0 Å². The quantitative estimate of drug-likeness (QED) is 0.878. The average Bonchev–Trinajstić information content (AvgIpc) is 2.39. The standard InChI is InChI=1S/C15H20N2O/c1-3-6-11(2)18-15-12(9-16)10-17-14-8-5-4-7-13(14)15/h4-5,7-8,10-11H,3,6,9,16H2,1-2H3. The Morgan fingerprint density at radius 1 is 1.33 bits per heavy atom. The minimum atomic E-state index is 0.200. The third-order valence-corrected chi connectivity index (χ3v) is 3.03. The van der Waals surface area contributed by atoms with Crippen molar-refractivity contribution in [3.8, 4) is 5.75 Å². The minimum absolute atomic E-state index is 0.200. The third kappa shape index (κ3) is 2.62. The highest BCUT2D eigenvalue weighted by molar-refractivity contribution is 5.86. The number of ether oxygens (including phenoxy) is 1. The SMILES string of the molecule is CCCC(C)Oc1c(CN)cnc2ccccc12. The van der Waals surface area contributed by atoms with Crippen molar-refractivity contribution in [1.82, 2.24) is 4.98 Å². The first kappa shape index (κ1) is 12.8. The monoisotopic (exact) mass is 244 g/mol. The molecule has 18 heavy (non-hydrogen) atoms. The molecule has 0 amide bonds. The zero-order chi connectivity index (χ0) is 13.0. The summed E-state index contributed by atoms with van der Waals surface area (Å²) in [5.41, 5.74) is 7.69. The molecule has 2 aromatic rings. The number of para-hydroxylation sites is 1. The van der Waals surface area contributed by atoms with E-state index in [4.69, 9.17) is 10.5 Å². The molecule has 0 aliphatic carbocycles. The Bertz CT molecular complexity index is 525. The molecule has 0 aliphatic heterocycles. The first-order valence-corrected chi connectivity index (χ1v) is 6.49. The summed E-state index contributed by atoms with van der Waals surface area (Å²) in [4.78, 5) is 4.41. The maximum Gasteiger partial charge on any atom is 0.135 e. The summed E-state index contributed by atoms with van der Waals surface area (Å²) in [6.07, 6.45) is 4.17. The molecular formula is C15H20N2O. The number of aromatic nitrogens is 1. The second-order valence-corrected chi connectivity index (χ2v) is 4.55. The highest BCUT2D eigenvalue weighted by Gasteiger charge is 2.11. The lowest BCUT2D eigenvalue weighted by Crippen LogP contribution is -2.14. The Balaban J connectivity index is 2.44. The molecule has 0 saturated heterocycles. The van der Waals surface area contributed by atoms with Crippen LogP contribution >= 0.6 is 0 Å². The van der Waals surface area contributed by atoms with Gasteiger partial charge in [-0.3, -0.25) is 4.98 Å². The van der Waals surface area contributed by atoms with E-state index >= 15 is 0 Å². The molecule has 2 N–H and O–H groups in total. The number of pyridine rings is 1. The highest BCUT2D eigenvalue weighted by atomic mass is 16.5. The van der Waals surface area contributed by atoms with Crippen LogP contribution in [0.25, 0.3) is 10.9 Å². The zero-order valence-corrected chi connectivity index (χ0v) is 11.0. The molecule has 1 aromatic heterocycles. The largest absolute Gasteiger partial charge is 0.490 e. The normalized spacial score (nSPS) is 12.6. The Morgan fingerprint density at radius 2 is 2.11 bits per heavy atom. The number of benzene rings is 1. The molecule has 1 heterocycles. The van der Waals surface area contributed by atoms with Gasteiger partial charge in [0, 0.05) is 23.7 Å². The minimum Gasteiger partial charge on any atom is -0.490 e. The Kier molecular flexibility index (Phi) is 4.15. The second-order valence-electron chi connectivity index (χ2n) is 4.55. The molecule has 1 aromatic carbocycles. The van der Waals surface area contributed by atoms with Gasteiger partial charge >= 0.3 is 0 Å². The second kappa shape index (κ2) is 5.83. The van der Waals surface area contributed by atoms with Gasteiger partial charge in [-0.2, -0.15) is 0 Å². The number of hydrogen-bond donors (Lipinski definition) is 1. The lowest BCUT2D eigenvalue weighted by molar-refractivity contribution is 0.210. The molecule has 0 radical (unpaired) electrons. The van der Waals surface area contributed by atoms with E-state index in [0.29, 0.717) is 6.54 Å². The van der Waals surface area contributed by atoms with E-state index in [2.05, 4.69) is 18.8 Å². The first-order valence-electron chi connectivity index (χ1n) is 6.49. The first-order chi connectivity index (χ1) is 8.76. The van der Waals surface area contributed by atoms with Gasteiger partial charge in [0.05, 0.1) is 11.6 Å². The van der Waals surface area contributed by atoms with Crippen LogP contribution in [-0.2, 0) is 6.54 Å². The molecular weight excluding hydrogens is 224 g/mol. The van der Waals surface area contributed by atoms with Gasteiger partial charge in [0.2, 0.25) is 0 Å². The van der Waals surface area contributed by atoms with E-state index in [0.717, 1.165) is 35.1 Å². The fourth-order valence-corrected chi connectivity index (χ4v) is 2.11. The van der Waals surface area contributed by atoms with E-state index in [9.17, 15) is 0 Å². The molecule has 1 atom stereocenters. The van der Waals surface area contributed by atoms with Crippen LogP contribution in [0.4, 0.5) is 0 Å². The van der Waals surface area contributed by atoms with E-state index in [-0.39, 0.29) is 6.10 Å². The fourth-order valence-electron chi connectivity index (χ4n) is 2.11. The fraction of sp³-hybridized carbons (Fsp3) is 0.400. The van der Waals surface area contributed by atoms with Gasteiger partial charge in [0.25, 0.3) is 0 Å². The molecule has 0 fully saturated rings. The van der Waals surface area contributed by atoms with Crippen LogP contribution in [-0.4, -0.2) is 11.1 Å². The molecule has 0 bridgehead atoms. The molecule has 2 rings (SSSR count). The van der Waals surface area contributed by atoms with E-state index in [1.165, 1.54) is 0 Å². The van der Waals surface area contributed by atoms with Gasteiger partial charge in [0.15, 0.2) is 0 Å². The van der Waals surface area contributed by atoms with Crippen molar-refractivity contribution in [1.29, 1.82) is 0 Å². The number of rotatable bonds is 5. The Labute approximate surface area is 108 Å². The summed E-state index contributed by atoms with van der Waals surface area (Å²) >= 11 is 0. The van der Waals surface area contributed by atoms with E-state index in [1.54, 1.807) is 0 Å². The smallest absolute Gasteiger partial charge is 0.135 e. The van der Waals surface area contributed by atoms with Crippen molar-refractivity contribution >= 4 is 10.9 Å². The van der Waals surface area contributed by atoms with Gasteiger partial charge in [-0.15, -0.1) is 0 Å².